The van der Waals surface area contributed by atoms with Gasteiger partial charge in [-0.1, -0.05) is 35.9 Å². The second kappa shape index (κ2) is 10.1. The summed E-state index contributed by atoms with van der Waals surface area (Å²) in [5.74, 6) is -1.27. The van der Waals surface area contributed by atoms with Gasteiger partial charge in [0.05, 0.1) is 10.9 Å². The van der Waals surface area contributed by atoms with Gasteiger partial charge < -0.3 is 10.1 Å². The fourth-order valence-corrected chi connectivity index (χ4v) is 4.51. The van der Waals surface area contributed by atoms with Gasteiger partial charge in [-0.15, -0.1) is 0 Å². The first-order valence-electron chi connectivity index (χ1n) is 10.4. The number of nitrogens with one attached hydrogen (secondary N) is 2. The Labute approximate surface area is 183 Å². The van der Waals surface area contributed by atoms with E-state index in [4.69, 9.17) is 4.74 Å². The quantitative estimate of drug-likeness (QED) is 0.610. The number of rotatable bonds is 8. The summed E-state index contributed by atoms with van der Waals surface area (Å²) in [4.78, 5) is 24.1. The van der Waals surface area contributed by atoms with Crippen molar-refractivity contribution in [1.29, 1.82) is 0 Å². The number of benzene rings is 2. The van der Waals surface area contributed by atoms with Crippen LogP contribution >= 0.6 is 0 Å². The van der Waals surface area contributed by atoms with Crippen LogP contribution in [0.15, 0.2) is 47.4 Å². The second-order valence-corrected chi connectivity index (χ2v) is 9.59. The molecular formula is C23H28N2O5S. The number of carbonyl (C=O) groups excluding carboxylic acids is 2. The topological polar surface area (TPSA) is 102 Å². The fourth-order valence-electron chi connectivity index (χ4n) is 3.54. The van der Waals surface area contributed by atoms with Crippen molar-refractivity contribution in [1.82, 2.24) is 10.0 Å². The predicted octanol–water partition coefficient (Wildman–Crippen LogP) is 2.57. The number of sulfonamides is 1. The molecule has 166 valence electrons. The predicted molar refractivity (Wildman–Crippen MR) is 117 cm³/mol. The van der Waals surface area contributed by atoms with Gasteiger partial charge in [-0.05, 0) is 68.4 Å². The molecule has 0 aromatic heterocycles. The maximum atomic E-state index is 12.2. The third kappa shape index (κ3) is 6.38. The third-order valence-corrected chi connectivity index (χ3v) is 6.77. The van der Waals surface area contributed by atoms with E-state index in [1.54, 1.807) is 12.1 Å². The highest BCUT2D eigenvalue weighted by molar-refractivity contribution is 7.89. The molecule has 2 aromatic carbocycles. The van der Waals surface area contributed by atoms with Crippen molar-refractivity contribution < 1.29 is 22.7 Å². The Hall–Kier alpha value is -2.71. The van der Waals surface area contributed by atoms with Crippen LogP contribution < -0.4 is 10.0 Å². The SMILES string of the molecule is Cc1ccc(S(=O)(=O)NCC(=O)OCC(=O)NC(C)c2ccc3c(c2)CCCC3)cc1. The van der Waals surface area contributed by atoms with Gasteiger partial charge in [0, 0.05) is 0 Å². The average Bonchev–Trinajstić information content (AvgIpc) is 2.76. The Morgan fingerprint density at radius 2 is 1.71 bits per heavy atom. The van der Waals surface area contributed by atoms with Gasteiger partial charge in [-0.25, -0.2) is 8.42 Å². The van der Waals surface area contributed by atoms with Gasteiger partial charge in [0.15, 0.2) is 6.61 Å². The summed E-state index contributed by atoms with van der Waals surface area (Å²) in [6, 6.07) is 12.3. The smallest absolute Gasteiger partial charge is 0.321 e. The van der Waals surface area contributed by atoms with Crippen LogP contribution in [0.5, 0.6) is 0 Å². The monoisotopic (exact) mass is 444 g/mol. The van der Waals surface area contributed by atoms with Gasteiger partial charge in [0.25, 0.3) is 5.91 Å². The maximum Gasteiger partial charge on any atom is 0.321 e. The lowest BCUT2D eigenvalue weighted by Crippen LogP contribution is -2.34. The maximum absolute atomic E-state index is 12.2. The van der Waals surface area contributed by atoms with Crippen molar-refractivity contribution in [3.63, 3.8) is 0 Å². The zero-order chi connectivity index (χ0) is 22.4. The first-order valence-corrected chi connectivity index (χ1v) is 11.9. The van der Waals surface area contributed by atoms with E-state index in [9.17, 15) is 18.0 Å². The molecule has 1 aliphatic rings. The molecule has 1 unspecified atom stereocenters. The van der Waals surface area contributed by atoms with E-state index >= 15 is 0 Å². The standard InChI is InChI=1S/C23H28N2O5S/c1-16-7-11-21(12-8-16)31(28,29)24-14-23(27)30-15-22(26)25-17(2)19-10-9-18-5-3-4-6-20(18)13-19/h7-13,17,24H,3-6,14-15H2,1-2H3,(H,25,26). The molecule has 0 fully saturated rings. The lowest BCUT2D eigenvalue weighted by molar-refractivity contribution is -0.147. The Morgan fingerprint density at radius 1 is 1.03 bits per heavy atom. The Morgan fingerprint density at radius 3 is 2.42 bits per heavy atom. The summed E-state index contributed by atoms with van der Waals surface area (Å²) >= 11 is 0. The van der Waals surface area contributed by atoms with Crippen molar-refractivity contribution in [3.8, 4) is 0 Å². The molecule has 2 N–H and O–H groups in total. The number of fused-ring (bicyclic) bond motifs is 1. The number of amides is 1. The van der Waals surface area contributed by atoms with Gasteiger partial charge in [0.1, 0.15) is 6.54 Å². The lowest BCUT2D eigenvalue weighted by Gasteiger charge is -2.20. The molecule has 1 atom stereocenters. The summed E-state index contributed by atoms with van der Waals surface area (Å²) in [7, 11) is -3.82. The molecule has 0 saturated heterocycles. The number of hydrogen-bond donors (Lipinski definition) is 2. The lowest BCUT2D eigenvalue weighted by atomic mass is 9.89. The van der Waals surface area contributed by atoms with Crippen molar-refractivity contribution >= 4 is 21.9 Å². The first-order chi connectivity index (χ1) is 14.7. The fraction of sp³-hybridized carbons (Fsp3) is 0.391. The summed E-state index contributed by atoms with van der Waals surface area (Å²) < 4.78 is 31.5. The van der Waals surface area contributed by atoms with Crippen molar-refractivity contribution in [2.45, 2.75) is 50.5 Å². The van der Waals surface area contributed by atoms with Crippen LogP contribution in [0.25, 0.3) is 0 Å². The largest absolute Gasteiger partial charge is 0.455 e. The molecule has 0 spiro atoms. The van der Waals surface area contributed by atoms with Crippen molar-refractivity contribution in [2.75, 3.05) is 13.2 Å². The van der Waals surface area contributed by atoms with E-state index in [0.29, 0.717) is 0 Å². The van der Waals surface area contributed by atoms with E-state index in [-0.39, 0.29) is 10.9 Å². The van der Waals surface area contributed by atoms with Crippen LogP contribution in [0.4, 0.5) is 0 Å². The molecule has 7 nitrogen and oxygen atoms in total. The van der Waals surface area contributed by atoms with Crippen LogP contribution in [0.1, 0.15) is 48.1 Å². The Balaban J connectivity index is 1.44. The zero-order valence-electron chi connectivity index (χ0n) is 17.8. The van der Waals surface area contributed by atoms with Crippen LogP contribution in [0, 0.1) is 6.92 Å². The molecule has 0 radical (unpaired) electrons. The van der Waals surface area contributed by atoms with Crippen molar-refractivity contribution in [3.05, 3.63) is 64.7 Å². The van der Waals surface area contributed by atoms with E-state index in [1.165, 1.54) is 36.1 Å². The van der Waals surface area contributed by atoms with Gasteiger partial charge in [-0.2, -0.15) is 4.72 Å². The van der Waals surface area contributed by atoms with E-state index in [1.807, 2.05) is 19.9 Å². The highest BCUT2D eigenvalue weighted by atomic mass is 32.2. The molecule has 0 saturated carbocycles. The van der Waals surface area contributed by atoms with E-state index in [0.717, 1.165) is 24.0 Å². The molecule has 1 amide bonds. The highest BCUT2D eigenvalue weighted by Crippen LogP contribution is 2.24. The minimum atomic E-state index is -3.82. The second-order valence-electron chi connectivity index (χ2n) is 7.82. The average molecular weight is 445 g/mol. The molecule has 3 rings (SSSR count). The van der Waals surface area contributed by atoms with E-state index < -0.39 is 35.1 Å². The number of carbonyl (C=O) groups is 2. The molecule has 31 heavy (non-hydrogen) atoms. The van der Waals surface area contributed by atoms with Gasteiger partial charge >= 0.3 is 5.97 Å². The van der Waals surface area contributed by atoms with Crippen LogP contribution in [0.2, 0.25) is 0 Å². The normalized spacial score (nSPS) is 14.4. The van der Waals surface area contributed by atoms with Crippen molar-refractivity contribution in [2.24, 2.45) is 0 Å². The summed E-state index contributed by atoms with van der Waals surface area (Å²) in [6.07, 6.45) is 4.55. The van der Waals surface area contributed by atoms with Crippen LogP contribution in [-0.4, -0.2) is 33.4 Å². The Bertz CT molecular complexity index is 1050. The number of ether oxygens (including phenoxy) is 1. The minimum Gasteiger partial charge on any atom is -0.455 e. The third-order valence-electron chi connectivity index (χ3n) is 5.35. The van der Waals surface area contributed by atoms with E-state index in [2.05, 4.69) is 22.2 Å². The summed E-state index contributed by atoms with van der Waals surface area (Å²) in [5, 5.41) is 2.81. The summed E-state index contributed by atoms with van der Waals surface area (Å²) in [5.41, 5.74) is 4.63. The zero-order valence-corrected chi connectivity index (χ0v) is 18.6. The molecule has 8 heteroatoms. The molecular weight excluding hydrogens is 416 g/mol. The Kier molecular flexibility index (Phi) is 7.46. The van der Waals surface area contributed by atoms with Gasteiger partial charge in [-0.3, -0.25) is 9.59 Å². The first kappa shape index (κ1) is 23.0. The molecule has 0 heterocycles. The van der Waals surface area contributed by atoms with Crippen LogP contribution in [-0.2, 0) is 37.2 Å². The molecule has 1 aliphatic carbocycles. The molecule has 2 aromatic rings. The van der Waals surface area contributed by atoms with Gasteiger partial charge in [0.2, 0.25) is 10.0 Å². The molecule has 0 bridgehead atoms. The molecule has 0 aliphatic heterocycles. The number of esters is 1. The van der Waals surface area contributed by atoms with Crippen LogP contribution in [0.3, 0.4) is 0 Å². The number of hydrogen-bond acceptors (Lipinski definition) is 5. The summed E-state index contributed by atoms with van der Waals surface area (Å²) in [6.45, 7) is 2.70. The minimum absolute atomic E-state index is 0.0579. The number of aryl methyl sites for hydroxylation is 3. The highest BCUT2D eigenvalue weighted by Gasteiger charge is 2.18.